The van der Waals surface area contributed by atoms with Gasteiger partial charge in [0, 0.05) is 11.4 Å². The number of rotatable bonds is 5. The number of nitro groups is 1. The molecule has 0 bridgehead atoms. The zero-order chi connectivity index (χ0) is 25.4. The molecular formula is C25H22N4O5S. The molecule has 10 heteroatoms. The molecule has 178 valence electrons. The zero-order valence-electron chi connectivity index (χ0n) is 19.5. The lowest BCUT2D eigenvalue weighted by molar-refractivity contribution is -0.384. The SMILES string of the molecule is COc1ccc(-n2c(C)cc(/C=C3\C(=O)NC(=S)N(c4ccccc4C)C3=O)c2C)c([N+](=O)[O-])c1. The van der Waals surface area contributed by atoms with Gasteiger partial charge in [-0.15, -0.1) is 0 Å². The lowest BCUT2D eigenvalue weighted by Gasteiger charge is -2.30. The second-order valence-corrected chi connectivity index (χ2v) is 8.40. The van der Waals surface area contributed by atoms with Gasteiger partial charge in [-0.3, -0.25) is 29.9 Å². The second kappa shape index (κ2) is 9.15. The molecule has 0 atom stereocenters. The molecule has 0 saturated carbocycles. The van der Waals surface area contributed by atoms with Crippen LogP contribution in [0.4, 0.5) is 11.4 Å². The Balaban J connectivity index is 1.81. The van der Waals surface area contributed by atoms with Crippen LogP contribution in [0.15, 0.2) is 54.1 Å². The highest BCUT2D eigenvalue weighted by Crippen LogP contribution is 2.32. The minimum absolute atomic E-state index is 0.00535. The summed E-state index contributed by atoms with van der Waals surface area (Å²) in [7, 11) is 1.44. The van der Waals surface area contributed by atoms with Crippen molar-refractivity contribution in [3.05, 3.63) is 86.7 Å². The number of nitrogens with one attached hydrogen (secondary N) is 1. The lowest BCUT2D eigenvalue weighted by atomic mass is 10.1. The van der Waals surface area contributed by atoms with E-state index < -0.39 is 16.7 Å². The molecule has 9 nitrogen and oxygen atoms in total. The van der Waals surface area contributed by atoms with Crippen LogP contribution in [0.25, 0.3) is 11.8 Å². The number of ether oxygens (including phenoxy) is 1. The Hall–Kier alpha value is -4.31. The number of carbonyl (C=O) groups excluding carboxylic acids is 2. The van der Waals surface area contributed by atoms with Gasteiger partial charge < -0.3 is 9.30 Å². The Morgan fingerprint density at radius 2 is 1.77 bits per heavy atom. The van der Waals surface area contributed by atoms with Gasteiger partial charge in [0.25, 0.3) is 17.5 Å². The van der Waals surface area contributed by atoms with Crippen molar-refractivity contribution >= 4 is 46.6 Å². The van der Waals surface area contributed by atoms with Gasteiger partial charge in [-0.1, -0.05) is 18.2 Å². The van der Waals surface area contributed by atoms with Crippen LogP contribution >= 0.6 is 12.2 Å². The van der Waals surface area contributed by atoms with Gasteiger partial charge in [0.15, 0.2) is 5.11 Å². The van der Waals surface area contributed by atoms with E-state index in [1.165, 1.54) is 24.2 Å². The Labute approximate surface area is 206 Å². The van der Waals surface area contributed by atoms with Crippen LogP contribution in [0.5, 0.6) is 5.75 Å². The number of thiocarbonyl (C=S) groups is 1. The van der Waals surface area contributed by atoms with Crippen LogP contribution in [-0.4, -0.2) is 33.5 Å². The molecular weight excluding hydrogens is 468 g/mol. The highest BCUT2D eigenvalue weighted by atomic mass is 32.1. The van der Waals surface area contributed by atoms with Crippen molar-refractivity contribution in [1.29, 1.82) is 0 Å². The number of benzene rings is 2. The van der Waals surface area contributed by atoms with Crippen molar-refractivity contribution in [3.8, 4) is 11.4 Å². The van der Waals surface area contributed by atoms with E-state index in [-0.39, 0.29) is 16.4 Å². The number of amides is 2. The van der Waals surface area contributed by atoms with Crippen molar-refractivity contribution in [1.82, 2.24) is 9.88 Å². The summed E-state index contributed by atoms with van der Waals surface area (Å²) in [4.78, 5) is 38.7. The molecule has 4 rings (SSSR count). The summed E-state index contributed by atoms with van der Waals surface area (Å²) >= 11 is 5.28. The Morgan fingerprint density at radius 1 is 1.06 bits per heavy atom. The third-order valence-electron chi connectivity index (χ3n) is 5.85. The van der Waals surface area contributed by atoms with Crippen molar-refractivity contribution in [2.45, 2.75) is 20.8 Å². The molecule has 1 aromatic heterocycles. The van der Waals surface area contributed by atoms with E-state index >= 15 is 0 Å². The van der Waals surface area contributed by atoms with Gasteiger partial charge in [0.2, 0.25) is 0 Å². The van der Waals surface area contributed by atoms with E-state index in [2.05, 4.69) is 5.32 Å². The molecule has 1 fully saturated rings. The molecule has 2 heterocycles. The van der Waals surface area contributed by atoms with Crippen LogP contribution in [0, 0.1) is 30.9 Å². The maximum Gasteiger partial charge on any atom is 0.296 e. The average molecular weight is 491 g/mol. The minimum Gasteiger partial charge on any atom is -0.496 e. The number of para-hydroxylation sites is 1. The van der Waals surface area contributed by atoms with Gasteiger partial charge in [0.1, 0.15) is 17.0 Å². The summed E-state index contributed by atoms with van der Waals surface area (Å²) in [6, 6.07) is 13.6. The van der Waals surface area contributed by atoms with Crippen LogP contribution in [0.2, 0.25) is 0 Å². The normalized spacial score (nSPS) is 14.9. The number of aromatic nitrogens is 1. The van der Waals surface area contributed by atoms with Crippen LogP contribution < -0.4 is 15.0 Å². The van der Waals surface area contributed by atoms with Crippen LogP contribution in [-0.2, 0) is 9.59 Å². The molecule has 1 aliphatic heterocycles. The van der Waals surface area contributed by atoms with E-state index in [4.69, 9.17) is 17.0 Å². The number of nitrogens with zero attached hydrogens (tertiary/aromatic N) is 3. The molecule has 0 radical (unpaired) electrons. The van der Waals surface area contributed by atoms with E-state index in [1.807, 2.05) is 19.1 Å². The number of anilines is 1. The summed E-state index contributed by atoms with van der Waals surface area (Å²) in [5.41, 5.74) is 3.41. The predicted octanol–water partition coefficient (Wildman–Crippen LogP) is 4.15. The first-order chi connectivity index (χ1) is 16.6. The fraction of sp³-hybridized carbons (Fsp3) is 0.160. The number of methoxy groups -OCH3 is 1. The fourth-order valence-corrected chi connectivity index (χ4v) is 4.39. The topological polar surface area (TPSA) is 107 Å². The van der Waals surface area contributed by atoms with E-state index in [0.29, 0.717) is 34.1 Å². The summed E-state index contributed by atoms with van der Waals surface area (Å²) in [6.07, 6.45) is 1.49. The fourth-order valence-electron chi connectivity index (χ4n) is 4.12. The minimum atomic E-state index is -0.606. The molecule has 0 aliphatic carbocycles. The van der Waals surface area contributed by atoms with Crippen molar-refractivity contribution in [2.75, 3.05) is 12.0 Å². The van der Waals surface area contributed by atoms with Gasteiger partial charge in [-0.2, -0.15) is 0 Å². The van der Waals surface area contributed by atoms with E-state index in [9.17, 15) is 19.7 Å². The molecule has 3 aromatic rings. The third-order valence-corrected chi connectivity index (χ3v) is 6.13. The molecule has 1 N–H and O–H groups in total. The Morgan fingerprint density at radius 3 is 2.43 bits per heavy atom. The molecule has 0 unspecified atom stereocenters. The summed E-state index contributed by atoms with van der Waals surface area (Å²) in [6.45, 7) is 5.41. The molecule has 2 amide bonds. The van der Waals surface area contributed by atoms with Crippen molar-refractivity contribution in [2.24, 2.45) is 0 Å². The van der Waals surface area contributed by atoms with Gasteiger partial charge in [-0.25, -0.2) is 0 Å². The first-order valence-corrected chi connectivity index (χ1v) is 11.0. The molecule has 1 aliphatic rings. The smallest absolute Gasteiger partial charge is 0.296 e. The van der Waals surface area contributed by atoms with Crippen molar-refractivity contribution in [3.63, 3.8) is 0 Å². The van der Waals surface area contributed by atoms with Crippen molar-refractivity contribution < 1.29 is 19.2 Å². The summed E-state index contributed by atoms with van der Waals surface area (Å²) in [5, 5.41) is 14.3. The third kappa shape index (κ3) is 4.19. The first-order valence-electron chi connectivity index (χ1n) is 10.6. The predicted molar refractivity (Wildman–Crippen MR) is 136 cm³/mol. The zero-order valence-corrected chi connectivity index (χ0v) is 20.3. The summed E-state index contributed by atoms with van der Waals surface area (Å²) in [5.74, 6) is -0.791. The number of nitro benzene ring substituents is 1. The Bertz CT molecular complexity index is 1440. The largest absolute Gasteiger partial charge is 0.496 e. The van der Waals surface area contributed by atoms with Crippen LogP contribution in [0.1, 0.15) is 22.5 Å². The number of hydrogen-bond acceptors (Lipinski definition) is 6. The average Bonchev–Trinajstić information content (AvgIpc) is 3.09. The maximum atomic E-state index is 13.4. The van der Waals surface area contributed by atoms with Gasteiger partial charge in [0.05, 0.1) is 23.8 Å². The molecule has 1 saturated heterocycles. The maximum absolute atomic E-state index is 13.4. The highest BCUT2D eigenvalue weighted by molar-refractivity contribution is 7.80. The van der Waals surface area contributed by atoms with E-state index in [1.54, 1.807) is 48.7 Å². The second-order valence-electron chi connectivity index (χ2n) is 8.02. The van der Waals surface area contributed by atoms with Gasteiger partial charge >= 0.3 is 0 Å². The molecule has 35 heavy (non-hydrogen) atoms. The summed E-state index contributed by atoms with van der Waals surface area (Å²) < 4.78 is 6.84. The number of hydrogen-bond donors (Lipinski definition) is 1. The van der Waals surface area contributed by atoms with E-state index in [0.717, 1.165) is 5.56 Å². The lowest BCUT2D eigenvalue weighted by Crippen LogP contribution is -2.54. The number of aryl methyl sites for hydroxylation is 2. The Kier molecular flexibility index (Phi) is 6.23. The first kappa shape index (κ1) is 23.8. The highest BCUT2D eigenvalue weighted by Gasteiger charge is 2.35. The molecule has 0 spiro atoms. The monoisotopic (exact) mass is 490 g/mol. The number of carbonyl (C=O) groups is 2. The quantitative estimate of drug-likeness (QED) is 0.189. The molecule has 2 aromatic carbocycles. The van der Waals surface area contributed by atoms with Crippen LogP contribution in [0.3, 0.4) is 0 Å². The van der Waals surface area contributed by atoms with Gasteiger partial charge in [-0.05, 0) is 74.5 Å². The standard InChI is InChI=1S/C25H22N4O5S/c1-14-7-5-6-8-20(14)28-24(31)19(23(30)26-25(28)35)12-17-11-15(2)27(16(17)3)21-10-9-18(34-4)13-22(21)29(32)33/h5-13H,1-4H3,(H,26,30,35)/b19-12+.